The van der Waals surface area contributed by atoms with Gasteiger partial charge in [-0.3, -0.25) is 9.59 Å². The van der Waals surface area contributed by atoms with Crippen LogP contribution in [0.25, 0.3) is 0 Å². The van der Waals surface area contributed by atoms with E-state index in [1.165, 1.54) is 0 Å². The van der Waals surface area contributed by atoms with Crippen LogP contribution in [-0.4, -0.2) is 36.4 Å². The predicted octanol–water partition coefficient (Wildman–Crippen LogP) is 4.80. The van der Waals surface area contributed by atoms with E-state index in [1.807, 2.05) is 36.1 Å². The van der Waals surface area contributed by atoms with Crippen LogP contribution in [0.2, 0.25) is 10.0 Å². The Kier molecular flexibility index (Phi) is 8.00. The van der Waals surface area contributed by atoms with E-state index in [1.54, 1.807) is 18.2 Å². The average Bonchev–Trinajstić information content (AvgIpc) is 3.28. The van der Waals surface area contributed by atoms with Crippen molar-refractivity contribution < 1.29 is 14.3 Å². The van der Waals surface area contributed by atoms with Gasteiger partial charge < -0.3 is 15.0 Å². The minimum Gasteiger partial charge on any atom is -0.483 e. The monoisotopic (exact) mass is 448 g/mol. The third-order valence-electron chi connectivity index (χ3n) is 5.21. The van der Waals surface area contributed by atoms with Crippen LogP contribution in [0.5, 0.6) is 5.75 Å². The van der Waals surface area contributed by atoms with Gasteiger partial charge in [0, 0.05) is 28.7 Å². The Balaban J connectivity index is 1.65. The van der Waals surface area contributed by atoms with E-state index in [0.29, 0.717) is 27.8 Å². The first-order valence-corrected chi connectivity index (χ1v) is 11.0. The largest absolute Gasteiger partial charge is 0.483 e. The third-order valence-corrected chi connectivity index (χ3v) is 5.80. The molecule has 1 unspecified atom stereocenters. The van der Waals surface area contributed by atoms with Crippen LogP contribution in [0.15, 0.2) is 42.5 Å². The molecule has 2 aromatic carbocycles. The van der Waals surface area contributed by atoms with Gasteiger partial charge in [-0.25, -0.2) is 0 Å². The van der Waals surface area contributed by atoms with Crippen LogP contribution in [0.4, 0.5) is 0 Å². The van der Waals surface area contributed by atoms with Gasteiger partial charge >= 0.3 is 0 Å². The number of carbonyl (C=O) groups excluding carboxylic acids is 2. The maximum absolute atomic E-state index is 12.6. The Bertz CT molecular complexity index is 898. The summed E-state index contributed by atoms with van der Waals surface area (Å²) in [5.41, 5.74) is 1.57. The zero-order chi connectivity index (χ0) is 21.5. The first kappa shape index (κ1) is 22.4. The third kappa shape index (κ3) is 5.89. The number of hydrogen-bond donors (Lipinski definition) is 1. The molecule has 1 aliphatic heterocycles. The lowest BCUT2D eigenvalue weighted by atomic mass is 10.0. The number of nitrogens with zero attached hydrogens (tertiary/aromatic N) is 1. The molecule has 1 heterocycles. The van der Waals surface area contributed by atoms with Crippen molar-refractivity contribution >= 4 is 35.0 Å². The summed E-state index contributed by atoms with van der Waals surface area (Å²) in [5.74, 6) is 0.465. The SMILES string of the molecule is CCC(NC(=O)Cc1ccc(Cl)cc1Cl)c1ccccc1OCC(=O)N1CCCC1. The van der Waals surface area contributed by atoms with Gasteiger partial charge in [0.05, 0.1) is 12.5 Å². The lowest BCUT2D eigenvalue weighted by Crippen LogP contribution is -2.33. The highest BCUT2D eigenvalue weighted by molar-refractivity contribution is 6.35. The molecule has 0 spiro atoms. The van der Waals surface area contributed by atoms with Crippen molar-refractivity contribution in [1.82, 2.24) is 10.2 Å². The Morgan fingerprint density at radius 2 is 1.87 bits per heavy atom. The number of likely N-dealkylation sites (tertiary alicyclic amines) is 1. The number of ether oxygens (including phenoxy) is 1. The Morgan fingerprint density at radius 3 is 2.57 bits per heavy atom. The van der Waals surface area contributed by atoms with E-state index in [-0.39, 0.29) is 30.9 Å². The molecule has 1 N–H and O–H groups in total. The van der Waals surface area contributed by atoms with Crippen LogP contribution in [0, 0.1) is 0 Å². The number of nitrogens with one attached hydrogen (secondary N) is 1. The topological polar surface area (TPSA) is 58.6 Å². The van der Waals surface area contributed by atoms with Crippen LogP contribution in [0.3, 0.4) is 0 Å². The number of carbonyl (C=O) groups is 2. The lowest BCUT2D eigenvalue weighted by Gasteiger charge is -2.22. The van der Waals surface area contributed by atoms with Gasteiger partial charge in [0.25, 0.3) is 5.91 Å². The predicted molar refractivity (Wildman–Crippen MR) is 119 cm³/mol. The summed E-state index contributed by atoms with van der Waals surface area (Å²) in [5, 5.41) is 4.05. The van der Waals surface area contributed by atoms with E-state index in [9.17, 15) is 9.59 Å². The summed E-state index contributed by atoms with van der Waals surface area (Å²) < 4.78 is 5.85. The number of amides is 2. The minimum absolute atomic E-state index is 0.00176. The summed E-state index contributed by atoms with van der Waals surface area (Å²) in [6.07, 6.45) is 2.93. The quantitative estimate of drug-likeness (QED) is 0.630. The molecule has 2 aromatic rings. The first-order valence-electron chi connectivity index (χ1n) is 10.2. The Hall–Kier alpha value is -2.24. The van der Waals surface area contributed by atoms with Gasteiger partial charge in [0.2, 0.25) is 5.91 Å². The van der Waals surface area contributed by atoms with E-state index >= 15 is 0 Å². The Labute approximate surface area is 187 Å². The molecule has 5 nitrogen and oxygen atoms in total. The fraction of sp³-hybridized carbons (Fsp3) is 0.391. The van der Waals surface area contributed by atoms with Crippen LogP contribution in [0.1, 0.15) is 43.4 Å². The summed E-state index contributed by atoms with van der Waals surface area (Å²) >= 11 is 12.1. The molecular weight excluding hydrogens is 423 g/mol. The number of halogens is 2. The lowest BCUT2D eigenvalue weighted by molar-refractivity contribution is -0.132. The molecule has 0 radical (unpaired) electrons. The van der Waals surface area contributed by atoms with Crippen molar-refractivity contribution in [2.45, 2.75) is 38.6 Å². The normalized spacial score (nSPS) is 14.4. The van der Waals surface area contributed by atoms with Gasteiger partial charge in [0.15, 0.2) is 6.61 Å². The van der Waals surface area contributed by atoms with Crippen LogP contribution in [-0.2, 0) is 16.0 Å². The molecule has 7 heteroatoms. The molecule has 30 heavy (non-hydrogen) atoms. The molecule has 0 aromatic heterocycles. The standard InChI is InChI=1S/C23H26Cl2N2O3/c1-2-20(26-22(28)13-16-9-10-17(24)14-19(16)25)18-7-3-4-8-21(18)30-15-23(29)27-11-5-6-12-27/h3-4,7-10,14,20H,2,5-6,11-13,15H2,1H3,(H,26,28). The summed E-state index contributed by atoms with van der Waals surface area (Å²) in [4.78, 5) is 26.8. The second-order valence-electron chi connectivity index (χ2n) is 7.36. The first-order chi connectivity index (χ1) is 14.5. The molecule has 1 saturated heterocycles. The van der Waals surface area contributed by atoms with Gasteiger partial charge in [-0.1, -0.05) is 54.4 Å². The highest BCUT2D eigenvalue weighted by atomic mass is 35.5. The van der Waals surface area contributed by atoms with Gasteiger partial charge in [0.1, 0.15) is 5.75 Å². The molecule has 1 aliphatic rings. The van der Waals surface area contributed by atoms with Gasteiger partial charge in [-0.15, -0.1) is 0 Å². The average molecular weight is 449 g/mol. The molecule has 1 atom stereocenters. The zero-order valence-corrected chi connectivity index (χ0v) is 18.5. The van der Waals surface area contributed by atoms with E-state index in [2.05, 4.69) is 5.32 Å². The van der Waals surface area contributed by atoms with Gasteiger partial charge in [-0.2, -0.15) is 0 Å². The fourth-order valence-electron chi connectivity index (χ4n) is 3.58. The fourth-order valence-corrected chi connectivity index (χ4v) is 4.06. The van der Waals surface area contributed by atoms with E-state index < -0.39 is 0 Å². The zero-order valence-electron chi connectivity index (χ0n) is 17.0. The highest BCUT2D eigenvalue weighted by Crippen LogP contribution is 2.28. The van der Waals surface area contributed by atoms with Crippen molar-refractivity contribution in [2.24, 2.45) is 0 Å². The summed E-state index contributed by atoms with van der Waals surface area (Å²) in [6, 6.07) is 12.4. The number of benzene rings is 2. The number of hydrogen-bond acceptors (Lipinski definition) is 3. The van der Waals surface area contributed by atoms with Crippen molar-refractivity contribution in [3.63, 3.8) is 0 Å². The minimum atomic E-state index is -0.235. The number of rotatable bonds is 8. The van der Waals surface area contributed by atoms with Crippen molar-refractivity contribution in [3.05, 3.63) is 63.6 Å². The molecule has 3 rings (SSSR count). The second kappa shape index (κ2) is 10.7. The van der Waals surface area contributed by atoms with Crippen molar-refractivity contribution in [1.29, 1.82) is 0 Å². The molecule has 2 amide bonds. The van der Waals surface area contributed by atoms with E-state index in [4.69, 9.17) is 27.9 Å². The van der Waals surface area contributed by atoms with Crippen LogP contribution >= 0.6 is 23.2 Å². The van der Waals surface area contributed by atoms with Gasteiger partial charge in [-0.05, 0) is 43.0 Å². The maximum Gasteiger partial charge on any atom is 0.260 e. The molecule has 0 aliphatic carbocycles. The van der Waals surface area contributed by atoms with Crippen molar-refractivity contribution in [3.8, 4) is 5.75 Å². The second-order valence-corrected chi connectivity index (χ2v) is 8.20. The Morgan fingerprint density at radius 1 is 1.13 bits per heavy atom. The summed E-state index contributed by atoms with van der Waals surface area (Å²) in [7, 11) is 0. The van der Waals surface area contributed by atoms with Crippen LogP contribution < -0.4 is 10.1 Å². The molecular formula is C23H26Cl2N2O3. The molecule has 160 valence electrons. The van der Waals surface area contributed by atoms with E-state index in [0.717, 1.165) is 31.5 Å². The smallest absolute Gasteiger partial charge is 0.260 e. The molecule has 0 saturated carbocycles. The molecule has 1 fully saturated rings. The number of para-hydroxylation sites is 1. The maximum atomic E-state index is 12.6. The van der Waals surface area contributed by atoms with Crippen molar-refractivity contribution in [2.75, 3.05) is 19.7 Å². The highest BCUT2D eigenvalue weighted by Gasteiger charge is 2.21. The molecule has 0 bridgehead atoms. The summed E-state index contributed by atoms with van der Waals surface area (Å²) in [6.45, 7) is 3.59.